The Morgan fingerprint density at radius 2 is 2.35 bits per heavy atom. The molecule has 1 amide bonds. The summed E-state index contributed by atoms with van der Waals surface area (Å²) >= 11 is 0. The van der Waals surface area contributed by atoms with E-state index in [1.165, 1.54) is 12.8 Å². The number of rotatable bonds is 8. The van der Waals surface area contributed by atoms with Gasteiger partial charge in [-0.25, -0.2) is 5.84 Å². The van der Waals surface area contributed by atoms with Gasteiger partial charge in [0.15, 0.2) is 5.76 Å². The summed E-state index contributed by atoms with van der Waals surface area (Å²) in [6.45, 7) is 5.05. The van der Waals surface area contributed by atoms with Gasteiger partial charge in [0.1, 0.15) is 5.76 Å². The number of hydrogen-bond donors (Lipinski definition) is 2. The van der Waals surface area contributed by atoms with Crippen molar-refractivity contribution in [2.75, 3.05) is 26.8 Å². The van der Waals surface area contributed by atoms with Crippen LogP contribution in [0.5, 0.6) is 0 Å². The van der Waals surface area contributed by atoms with Gasteiger partial charge in [-0.05, 0) is 38.8 Å². The van der Waals surface area contributed by atoms with E-state index in [1.54, 1.807) is 6.07 Å². The van der Waals surface area contributed by atoms with Gasteiger partial charge in [0.05, 0.1) is 6.61 Å². The molecule has 1 aliphatic rings. The number of nitrogen functional groups attached to an aromatic ring is 1. The Labute approximate surface area is 119 Å². The molecule has 20 heavy (non-hydrogen) atoms. The number of aryl methyl sites for hydroxylation is 1. The fraction of sp³-hybridized carbons (Fsp3) is 0.643. The molecule has 6 nitrogen and oxygen atoms in total. The van der Waals surface area contributed by atoms with Crippen molar-refractivity contribution >= 4 is 5.91 Å². The van der Waals surface area contributed by atoms with Crippen molar-refractivity contribution in [2.45, 2.75) is 26.3 Å². The second kappa shape index (κ2) is 6.88. The molecule has 0 atom stereocenters. The third-order valence-corrected chi connectivity index (χ3v) is 3.48. The summed E-state index contributed by atoms with van der Waals surface area (Å²) in [5.41, 5.74) is 3.06. The molecule has 0 radical (unpaired) electrons. The van der Waals surface area contributed by atoms with E-state index >= 15 is 0 Å². The molecule has 1 aliphatic carbocycles. The minimum atomic E-state index is -0.408. The van der Waals surface area contributed by atoms with Crippen molar-refractivity contribution in [1.29, 1.82) is 0 Å². The van der Waals surface area contributed by atoms with Gasteiger partial charge in [-0.3, -0.25) is 15.1 Å². The number of furan rings is 1. The molecule has 112 valence electrons. The topological polar surface area (TPSA) is 80.7 Å². The predicted octanol–water partition coefficient (Wildman–Crippen LogP) is 1.05. The molecule has 2 rings (SSSR count). The summed E-state index contributed by atoms with van der Waals surface area (Å²) in [6.07, 6.45) is 2.63. The first-order chi connectivity index (χ1) is 9.60. The Morgan fingerprint density at radius 3 is 3.00 bits per heavy atom. The third kappa shape index (κ3) is 4.33. The minimum absolute atomic E-state index is 0.249. The van der Waals surface area contributed by atoms with E-state index in [9.17, 15) is 4.79 Å². The zero-order valence-corrected chi connectivity index (χ0v) is 12.1. The smallest absolute Gasteiger partial charge is 0.300 e. The van der Waals surface area contributed by atoms with Crippen LogP contribution in [0.2, 0.25) is 0 Å². The average Bonchev–Trinajstić information content (AvgIpc) is 3.18. The summed E-state index contributed by atoms with van der Waals surface area (Å²) in [5, 5.41) is 0. The molecule has 1 aromatic rings. The lowest BCUT2D eigenvalue weighted by molar-refractivity contribution is 0.0924. The Hall–Kier alpha value is -1.37. The molecular weight excluding hydrogens is 258 g/mol. The van der Waals surface area contributed by atoms with Crippen molar-refractivity contribution in [1.82, 2.24) is 10.3 Å². The zero-order valence-electron chi connectivity index (χ0n) is 12.1. The Morgan fingerprint density at radius 1 is 1.60 bits per heavy atom. The predicted molar refractivity (Wildman–Crippen MR) is 75.0 cm³/mol. The lowest BCUT2D eigenvalue weighted by Crippen LogP contribution is -2.29. The average molecular weight is 281 g/mol. The van der Waals surface area contributed by atoms with Crippen LogP contribution in [0.15, 0.2) is 10.5 Å². The molecule has 0 bridgehead atoms. The lowest BCUT2D eigenvalue weighted by atomic mass is 10.2. The number of nitrogens with one attached hydrogen (secondary N) is 1. The van der Waals surface area contributed by atoms with Crippen molar-refractivity contribution in [3.05, 3.63) is 23.2 Å². The summed E-state index contributed by atoms with van der Waals surface area (Å²) in [7, 11) is 2.02. The van der Waals surface area contributed by atoms with Gasteiger partial charge in [-0.1, -0.05) is 0 Å². The molecule has 0 unspecified atom stereocenters. The maximum Gasteiger partial charge on any atom is 0.300 e. The maximum absolute atomic E-state index is 11.4. The van der Waals surface area contributed by atoms with Crippen LogP contribution in [0, 0.1) is 12.8 Å². The molecule has 0 saturated heterocycles. The van der Waals surface area contributed by atoms with E-state index in [1.807, 2.05) is 14.0 Å². The number of hydrazine groups is 1. The van der Waals surface area contributed by atoms with Crippen molar-refractivity contribution in [3.63, 3.8) is 0 Å². The number of hydrogen-bond acceptors (Lipinski definition) is 5. The standard InChI is InChI=1S/C14H23N3O3/c1-10-12(7-13(20-10)14(18)16-15)8-17(2)5-6-19-9-11-3-4-11/h7,11H,3-6,8-9,15H2,1-2H3,(H,16,18). The van der Waals surface area contributed by atoms with Crippen LogP contribution in [0.3, 0.4) is 0 Å². The Bertz CT molecular complexity index is 455. The van der Waals surface area contributed by atoms with Crippen LogP contribution >= 0.6 is 0 Å². The monoisotopic (exact) mass is 281 g/mol. The van der Waals surface area contributed by atoms with Gasteiger partial charge in [-0.15, -0.1) is 0 Å². The SMILES string of the molecule is Cc1oc(C(=O)NN)cc1CN(C)CCOCC1CC1. The first-order valence-electron chi connectivity index (χ1n) is 6.96. The van der Waals surface area contributed by atoms with Crippen LogP contribution in [-0.4, -0.2) is 37.6 Å². The van der Waals surface area contributed by atoms with E-state index in [-0.39, 0.29) is 5.76 Å². The fourth-order valence-corrected chi connectivity index (χ4v) is 1.98. The largest absolute Gasteiger partial charge is 0.456 e. The van der Waals surface area contributed by atoms with Crippen molar-refractivity contribution in [2.24, 2.45) is 11.8 Å². The van der Waals surface area contributed by atoms with E-state index < -0.39 is 5.91 Å². The first kappa shape index (κ1) is 15.0. The number of nitrogens with two attached hydrogens (primary N) is 1. The fourth-order valence-electron chi connectivity index (χ4n) is 1.98. The van der Waals surface area contributed by atoms with E-state index in [2.05, 4.69) is 10.3 Å². The normalized spacial score (nSPS) is 14.8. The summed E-state index contributed by atoms with van der Waals surface area (Å²) in [4.78, 5) is 13.5. The van der Waals surface area contributed by atoms with Crippen molar-refractivity contribution < 1.29 is 13.9 Å². The quantitative estimate of drug-likeness (QED) is 0.322. The Kier molecular flexibility index (Phi) is 5.17. The van der Waals surface area contributed by atoms with Gasteiger partial charge in [-0.2, -0.15) is 0 Å². The second-order valence-corrected chi connectivity index (χ2v) is 5.42. The molecule has 6 heteroatoms. The molecule has 1 fully saturated rings. The highest BCUT2D eigenvalue weighted by Crippen LogP contribution is 2.28. The Balaban J connectivity index is 1.75. The highest BCUT2D eigenvalue weighted by Gasteiger charge is 2.21. The number of likely N-dealkylation sites (N-methyl/N-ethyl adjacent to an activating group) is 1. The lowest BCUT2D eigenvalue weighted by Gasteiger charge is -2.16. The number of carbonyl (C=O) groups excluding carboxylic acids is 1. The minimum Gasteiger partial charge on any atom is -0.456 e. The summed E-state index contributed by atoms with van der Waals surface area (Å²) in [6, 6.07) is 1.74. The highest BCUT2D eigenvalue weighted by atomic mass is 16.5. The number of ether oxygens (including phenoxy) is 1. The van der Waals surface area contributed by atoms with Gasteiger partial charge in [0, 0.05) is 25.3 Å². The number of carbonyl (C=O) groups is 1. The van der Waals surface area contributed by atoms with E-state index in [0.717, 1.165) is 43.5 Å². The van der Waals surface area contributed by atoms with E-state index in [0.29, 0.717) is 0 Å². The van der Waals surface area contributed by atoms with Crippen LogP contribution in [0.4, 0.5) is 0 Å². The molecule has 3 N–H and O–H groups in total. The number of nitrogens with zero attached hydrogens (tertiary/aromatic N) is 1. The molecule has 1 heterocycles. The molecule has 1 aromatic heterocycles. The molecule has 1 saturated carbocycles. The molecule has 0 aliphatic heterocycles. The number of amides is 1. The van der Waals surface area contributed by atoms with Gasteiger partial charge in [0.25, 0.3) is 0 Å². The summed E-state index contributed by atoms with van der Waals surface area (Å²) in [5.74, 6) is 6.47. The molecular formula is C14H23N3O3. The van der Waals surface area contributed by atoms with Crippen LogP contribution in [0.1, 0.15) is 34.7 Å². The van der Waals surface area contributed by atoms with Crippen LogP contribution in [0.25, 0.3) is 0 Å². The molecule has 0 aromatic carbocycles. The summed E-state index contributed by atoms with van der Waals surface area (Å²) < 4.78 is 11.0. The highest BCUT2D eigenvalue weighted by molar-refractivity contribution is 5.91. The van der Waals surface area contributed by atoms with Crippen LogP contribution < -0.4 is 11.3 Å². The first-order valence-corrected chi connectivity index (χ1v) is 6.96. The van der Waals surface area contributed by atoms with Gasteiger partial charge >= 0.3 is 5.91 Å². The maximum atomic E-state index is 11.4. The van der Waals surface area contributed by atoms with Gasteiger partial charge < -0.3 is 9.15 Å². The molecule has 0 spiro atoms. The van der Waals surface area contributed by atoms with Crippen molar-refractivity contribution in [3.8, 4) is 0 Å². The second-order valence-electron chi connectivity index (χ2n) is 5.42. The van der Waals surface area contributed by atoms with E-state index in [4.69, 9.17) is 15.0 Å². The van der Waals surface area contributed by atoms with Crippen LogP contribution in [-0.2, 0) is 11.3 Å². The zero-order chi connectivity index (χ0) is 14.5. The third-order valence-electron chi connectivity index (χ3n) is 3.48. The van der Waals surface area contributed by atoms with Gasteiger partial charge in [0.2, 0.25) is 0 Å².